The number of aliphatic hydroxyl groups excluding tert-OH is 1. The molecule has 1 aromatic rings. The molecule has 2 N–H and O–H groups in total. The quantitative estimate of drug-likeness (QED) is 0.719. The molecule has 4 heteroatoms. The van der Waals surface area contributed by atoms with E-state index in [4.69, 9.17) is 0 Å². The van der Waals surface area contributed by atoms with Gasteiger partial charge in [0.15, 0.2) is 0 Å². The number of aromatic nitrogens is 2. The summed E-state index contributed by atoms with van der Waals surface area (Å²) in [7, 11) is 0. The number of nitrogens with one attached hydrogen (secondary N) is 1. The number of hydrogen-bond acceptors (Lipinski definition) is 3. The Labute approximate surface area is 122 Å². The second kappa shape index (κ2) is 6.27. The molecule has 1 heterocycles. The lowest BCUT2D eigenvalue weighted by Crippen LogP contribution is -2.46. The summed E-state index contributed by atoms with van der Waals surface area (Å²) in [5, 5.41) is 17.7. The minimum absolute atomic E-state index is 0.105. The Kier molecular flexibility index (Phi) is 4.86. The normalized spacial score (nSPS) is 18.2. The second-order valence-corrected chi connectivity index (χ2v) is 6.61. The van der Waals surface area contributed by atoms with Crippen LogP contribution in [0.1, 0.15) is 56.0 Å². The first-order valence-corrected chi connectivity index (χ1v) is 7.84. The van der Waals surface area contributed by atoms with E-state index in [9.17, 15) is 5.11 Å². The van der Waals surface area contributed by atoms with Crippen LogP contribution in [0.2, 0.25) is 0 Å². The molecular formula is C16H29N3O. The lowest BCUT2D eigenvalue weighted by molar-refractivity contribution is 0.160. The highest BCUT2D eigenvalue weighted by Crippen LogP contribution is 2.25. The van der Waals surface area contributed by atoms with Crippen LogP contribution in [-0.4, -0.2) is 33.1 Å². The van der Waals surface area contributed by atoms with Crippen molar-refractivity contribution < 1.29 is 5.11 Å². The topological polar surface area (TPSA) is 50.1 Å². The molecular weight excluding hydrogens is 250 g/mol. The van der Waals surface area contributed by atoms with E-state index in [0.29, 0.717) is 6.04 Å². The molecule has 114 valence electrons. The Hall–Kier alpha value is -0.870. The van der Waals surface area contributed by atoms with Crippen molar-refractivity contribution >= 4 is 0 Å². The maximum atomic E-state index is 9.58. The second-order valence-electron chi connectivity index (χ2n) is 6.61. The predicted octanol–water partition coefficient (Wildman–Crippen LogP) is 2.48. The Bertz CT molecular complexity index is 451. The van der Waals surface area contributed by atoms with Gasteiger partial charge in [0.25, 0.3) is 0 Å². The van der Waals surface area contributed by atoms with Gasteiger partial charge in [0.1, 0.15) is 0 Å². The molecule has 0 saturated heterocycles. The molecule has 0 radical (unpaired) electrons. The first kappa shape index (κ1) is 15.5. The van der Waals surface area contributed by atoms with Crippen LogP contribution in [-0.2, 0) is 6.54 Å². The standard InChI is InChI=1S/C16H29N3O/c1-12-13(2)18-19(14(12)3)10-6-5-9-16(4,11-20)17-15-7-8-15/h15,17,20H,5-11H2,1-4H3. The minimum atomic E-state index is -0.105. The van der Waals surface area contributed by atoms with Crippen LogP contribution in [0, 0.1) is 20.8 Å². The third-order valence-electron chi connectivity index (χ3n) is 4.57. The van der Waals surface area contributed by atoms with Gasteiger partial charge in [-0.15, -0.1) is 0 Å². The average Bonchev–Trinajstić information content (AvgIpc) is 3.19. The molecule has 4 nitrogen and oxygen atoms in total. The summed E-state index contributed by atoms with van der Waals surface area (Å²) in [6, 6.07) is 0.644. The number of hydrogen-bond donors (Lipinski definition) is 2. The fourth-order valence-electron chi connectivity index (χ4n) is 2.70. The molecule has 2 rings (SSSR count). The molecule has 1 fully saturated rings. The first-order valence-electron chi connectivity index (χ1n) is 7.84. The largest absolute Gasteiger partial charge is 0.394 e. The highest BCUT2D eigenvalue weighted by atomic mass is 16.3. The SMILES string of the molecule is Cc1nn(CCCCC(C)(CO)NC2CC2)c(C)c1C. The maximum absolute atomic E-state index is 9.58. The van der Waals surface area contributed by atoms with Crippen molar-refractivity contribution in [3.05, 3.63) is 17.0 Å². The van der Waals surface area contributed by atoms with Crippen LogP contribution in [0.3, 0.4) is 0 Å². The number of aryl methyl sites for hydroxylation is 2. The molecule has 0 amide bonds. The highest BCUT2D eigenvalue weighted by Gasteiger charge is 2.31. The fourth-order valence-corrected chi connectivity index (χ4v) is 2.70. The summed E-state index contributed by atoms with van der Waals surface area (Å²) in [6.07, 6.45) is 5.79. The smallest absolute Gasteiger partial charge is 0.0625 e. The van der Waals surface area contributed by atoms with Gasteiger partial charge in [-0.05, 0) is 65.4 Å². The molecule has 1 saturated carbocycles. The van der Waals surface area contributed by atoms with Crippen molar-refractivity contribution in [2.75, 3.05) is 6.61 Å². The van der Waals surface area contributed by atoms with Crippen molar-refractivity contribution in [1.82, 2.24) is 15.1 Å². The molecule has 20 heavy (non-hydrogen) atoms. The Morgan fingerprint density at radius 1 is 1.30 bits per heavy atom. The lowest BCUT2D eigenvalue weighted by Gasteiger charge is -2.29. The van der Waals surface area contributed by atoms with E-state index in [1.807, 2.05) is 0 Å². The molecule has 0 spiro atoms. The van der Waals surface area contributed by atoms with E-state index < -0.39 is 0 Å². The van der Waals surface area contributed by atoms with Gasteiger partial charge in [0.05, 0.1) is 12.3 Å². The first-order chi connectivity index (χ1) is 9.45. The van der Waals surface area contributed by atoms with Gasteiger partial charge >= 0.3 is 0 Å². The van der Waals surface area contributed by atoms with Crippen molar-refractivity contribution in [3.63, 3.8) is 0 Å². The maximum Gasteiger partial charge on any atom is 0.0625 e. The van der Waals surface area contributed by atoms with Crippen molar-refractivity contribution in [1.29, 1.82) is 0 Å². The van der Waals surface area contributed by atoms with Crippen LogP contribution in [0.25, 0.3) is 0 Å². The van der Waals surface area contributed by atoms with Gasteiger partial charge in [0, 0.05) is 23.8 Å². The summed E-state index contributed by atoms with van der Waals surface area (Å²) in [4.78, 5) is 0. The fraction of sp³-hybridized carbons (Fsp3) is 0.812. The summed E-state index contributed by atoms with van der Waals surface area (Å²) >= 11 is 0. The summed E-state index contributed by atoms with van der Waals surface area (Å²) in [5.74, 6) is 0. The molecule has 0 aromatic carbocycles. The van der Waals surface area contributed by atoms with E-state index in [0.717, 1.165) is 31.5 Å². The summed E-state index contributed by atoms with van der Waals surface area (Å²) in [6.45, 7) is 9.69. The summed E-state index contributed by atoms with van der Waals surface area (Å²) in [5.41, 5.74) is 3.62. The van der Waals surface area contributed by atoms with E-state index in [-0.39, 0.29) is 12.1 Å². The van der Waals surface area contributed by atoms with Crippen LogP contribution in [0.15, 0.2) is 0 Å². The zero-order chi connectivity index (χ0) is 14.8. The van der Waals surface area contributed by atoms with Gasteiger partial charge < -0.3 is 10.4 Å². The van der Waals surface area contributed by atoms with Crippen molar-refractivity contribution in [3.8, 4) is 0 Å². The number of unbranched alkanes of at least 4 members (excludes halogenated alkanes) is 1. The third-order valence-corrected chi connectivity index (χ3v) is 4.57. The minimum Gasteiger partial charge on any atom is -0.394 e. The van der Waals surface area contributed by atoms with E-state index in [1.54, 1.807) is 0 Å². The lowest BCUT2D eigenvalue weighted by atomic mass is 9.95. The monoisotopic (exact) mass is 279 g/mol. The van der Waals surface area contributed by atoms with Gasteiger partial charge in [-0.25, -0.2) is 0 Å². The molecule has 1 aromatic heterocycles. The average molecular weight is 279 g/mol. The van der Waals surface area contributed by atoms with E-state index >= 15 is 0 Å². The van der Waals surface area contributed by atoms with Gasteiger partial charge in [-0.2, -0.15) is 5.10 Å². The number of nitrogens with zero attached hydrogens (tertiary/aromatic N) is 2. The predicted molar refractivity (Wildman–Crippen MR) is 81.9 cm³/mol. The Balaban J connectivity index is 1.76. The zero-order valence-electron chi connectivity index (χ0n) is 13.4. The van der Waals surface area contributed by atoms with Crippen LogP contribution in [0.5, 0.6) is 0 Å². The molecule has 0 aliphatic heterocycles. The Morgan fingerprint density at radius 3 is 2.50 bits per heavy atom. The van der Waals surface area contributed by atoms with Gasteiger partial charge in [0.2, 0.25) is 0 Å². The van der Waals surface area contributed by atoms with E-state index in [2.05, 4.69) is 42.8 Å². The summed E-state index contributed by atoms with van der Waals surface area (Å²) < 4.78 is 2.12. The van der Waals surface area contributed by atoms with Crippen molar-refractivity contribution in [2.45, 2.75) is 77.9 Å². The highest BCUT2D eigenvalue weighted by molar-refractivity contribution is 5.21. The molecule has 1 aliphatic carbocycles. The van der Waals surface area contributed by atoms with Crippen LogP contribution >= 0.6 is 0 Å². The van der Waals surface area contributed by atoms with E-state index in [1.165, 1.54) is 24.1 Å². The van der Waals surface area contributed by atoms with Crippen LogP contribution < -0.4 is 5.32 Å². The molecule has 1 atom stereocenters. The van der Waals surface area contributed by atoms with Crippen LogP contribution in [0.4, 0.5) is 0 Å². The zero-order valence-corrected chi connectivity index (χ0v) is 13.4. The van der Waals surface area contributed by atoms with Crippen molar-refractivity contribution in [2.24, 2.45) is 0 Å². The molecule has 1 aliphatic rings. The molecule has 1 unspecified atom stereocenters. The molecule has 0 bridgehead atoms. The van der Waals surface area contributed by atoms with Gasteiger partial charge in [-0.3, -0.25) is 4.68 Å². The number of aliphatic hydroxyl groups is 1. The van der Waals surface area contributed by atoms with Gasteiger partial charge in [-0.1, -0.05) is 0 Å². The Morgan fingerprint density at radius 2 is 2.00 bits per heavy atom. The number of rotatable bonds is 8. The third kappa shape index (κ3) is 3.83.